The minimum atomic E-state index is -1.26. The predicted octanol–water partition coefficient (Wildman–Crippen LogP) is 6.28. The lowest BCUT2D eigenvalue weighted by molar-refractivity contribution is -0.137. The number of carboxylic acids is 2. The van der Waals surface area contributed by atoms with E-state index in [1.807, 2.05) is 24.3 Å². The van der Waals surface area contributed by atoms with E-state index >= 15 is 0 Å². The van der Waals surface area contributed by atoms with Crippen molar-refractivity contribution < 1.29 is 29.3 Å². The van der Waals surface area contributed by atoms with E-state index in [-0.39, 0.29) is 24.4 Å². The zero-order valence-electron chi connectivity index (χ0n) is 20.0. The van der Waals surface area contributed by atoms with Gasteiger partial charge < -0.3 is 19.7 Å². The lowest BCUT2D eigenvalue weighted by atomic mass is 9.89. The number of ether oxygens (including phenoxy) is 2. The van der Waals surface area contributed by atoms with Gasteiger partial charge in [0.1, 0.15) is 0 Å². The number of rotatable bonds is 18. The highest BCUT2D eigenvalue weighted by atomic mass is 16.5. The van der Waals surface area contributed by atoms with Crippen LogP contribution in [0.25, 0.3) is 0 Å². The minimum Gasteiger partial charge on any atom is -0.501 e. The normalized spacial score (nSPS) is 14.9. The second-order valence-electron chi connectivity index (χ2n) is 7.70. The number of hydrogen-bond acceptors (Lipinski definition) is 4. The minimum absolute atomic E-state index is 0.0632. The molecular weight excluding hydrogens is 408 g/mol. The summed E-state index contributed by atoms with van der Waals surface area (Å²) < 4.78 is 10.8. The van der Waals surface area contributed by atoms with Gasteiger partial charge in [0.15, 0.2) is 0 Å². The van der Waals surface area contributed by atoms with Crippen molar-refractivity contribution in [1.29, 1.82) is 0 Å². The Hall–Kier alpha value is -2.76. The molecule has 0 rings (SSSR count). The average Bonchev–Trinajstić information content (AvgIpc) is 2.74. The Morgan fingerprint density at radius 2 is 1.09 bits per heavy atom. The molecular formula is C26H40O6. The van der Waals surface area contributed by atoms with Gasteiger partial charge in [-0.05, 0) is 25.0 Å². The molecule has 0 aromatic carbocycles. The highest BCUT2D eigenvalue weighted by Crippen LogP contribution is 2.23. The van der Waals surface area contributed by atoms with Gasteiger partial charge in [-0.25, -0.2) is 9.59 Å². The molecule has 0 heterocycles. The van der Waals surface area contributed by atoms with E-state index in [1.54, 1.807) is 26.0 Å². The Balaban J connectivity index is 5.01. The van der Waals surface area contributed by atoms with Gasteiger partial charge in [0, 0.05) is 11.8 Å². The van der Waals surface area contributed by atoms with Crippen molar-refractivity contribution in [3.05, 3.63) is 60.1 Å². The SMILES string of the molecule is CCCCC=CC=COCC(C)C(C(=O)O)=C(C(=O)O)C(C)COC=CC=CCCCC. The summed E-state index contributed by atoms with van der Waals surface area (Å²) in [5.41, 5.74) is -0.326. The van der Waals surface area contributed by atoms with Crippen LogP contribution in [-0.2, 0) is 19.1 Å². The Labute approximate surface area is 193 Å². The summed E-state index contributed by atoms with van der Waals surface area (Å²) in [7, 11) is 0. The van der Waals surface area contributed by atoms with Crippen molar-refractivity contribution in [1.82, 2.24) is 0 Å². The summed E-state index contributed by atoms with van der Waals surface area (Å²) in [6, 6.07) is 0. The summed E-state index contributed by atoms with van der Waals surface area (Å²) in [5, 5.41) is 19.4. The van der Waals surface area contributed by atoms with Gasteiger partial charge in [-0.1, -0.05) is 77.7 Å². The third kappa shape index (κ3) is 13.5. The van der Waals surface area contributed by atoms with Crippen LogP contribution in [0.2, 0.25) is 0 Å². The molecule has 0 aromatic rings. The van der Waals surface area contributed by atoms with Crippen molar-refractivity contribution in [3.8, 4) is 0 Å². The smallest absolute Gasteiger partial charge is 0.332 e. The van der Waals surface area contributed by atoms with Crippen molar-refractivity contribution >= 4 is 11.9 Å². The van der Waals surface area contributed by atoms with Crippen LogP contribution in [0.4, 0.5) is 0 Å². The first-order chi connectivity index (χ1) is 15.4. The quantitative estimate of drug-likeness (QED) is 0.111. The molecule has 2 N–H and O–H groups in total. The molecule has 0 aliphatic heterocycles. The van der Waals surface area contributed by atoms with Gasteiger partial charge in [-0.3, -0.25) is 0 Å². The van der Waals surface area contributed by atoms with Gasteiger partial charge in [0.2, 0.25) is 0 Å². The molecule has 0 aliphatic carbocycles. The van der Waals surface area contributed by atoms with Crippen molar-refractivity contribution in [2.24, 2.45) is 11.8 Å². The van der Waals surface area contributed by atoms with Crippen molar-refractivity contribution in [2.45, 2.75) is 66.2 Å². The van der Waals surface area contributed by atoms with Gasteiger partial charge >= 0.3 is 11.9 Å². The van der Waals surface area contributed by atoms with Crippen molar-refractivity contribution in [2.75, 3.05) is 13.2 Å². The topological polar surface area (TPSA) is 93.1 Å². The first-order valence-electron chi connectivity index (χ1n) is 11.4. The molecule has 2 unspecified atom stereocenters. The van der Waals surface area contributed by atoms with E-state index in [4.69, 9.17) is 9.47 Å². The van der Waals surface area contributed by atoms with Crippen LogP contribution in [-0.4, -0.2) is 35.4 Å². The van der Waals surface area contributed by atoms with Crippen LogP contribution in [0, 0.1) is 11.8 Å². The molecule has 0 amide bonds. The third-order valence-electron chi connectivity index (χ3n) is 4.72. The van der Waals surface area contributed by atoms with Crippen molar-refractivity contribution in [3.63, 3.8) is 0 Å². The largest absolute Gasteiger partial charge is 0.501 e. The van der Waals surface area contributed by atoms with Gasteiger partial charge in [-0.2, -0.15) is 0 Å². The number of unbranched alkanes of at least 4 members (excludes halogenated alkanes) is 4. The maximum atomic E-state index is 11.9. The highest BCUT2D eigenvalue weighted by molar-refractivity contribution is 5.99. The summed E-state index contributed by atoms with van der Waals surface area (Å²) in [5.74, 6) is -3.73. The summed E-state index contributed by atoms with van der Waals surface area (Å²) in [6.45, 7) is 7.67. The van der Waals surface area contributed by atoms with Gasteiger partial charge in [0.25, 0.3) is 0 Å². The zero-order valence-corrected chi connectivity index (χ0v) is 20.0. The first-order valence-corrected chi connectivity index (χ1v) is 11.4. The molecule has 0 bridgehead atoms. The predicted molar refractivity (Wildman–Crippen MR) is 128 cm³/mol. The standard InChI is InChI=1S/C26H40O6/c1-5-7-9-11-13-15-17-31-19-21(3)23(25(27)28)24(26(29)30)22(4)20-32-18-16-14-12-10-8-6-2/h11-18,21-22H,5-10,19-20H2,1-4H3,(H,27,28)(H,29,30). The molecule has 0 aromatic heterocycles. The van der Waals surface area contributed by atoms with Crippen LogP contribution in [0.5, 0.6) is 0 Å². The fraction of sp³-hybridized carbons (Fsp3) is 0.538. The summed E-state index contributed by atoms with van der Waals surface area (Å²) in [6.07, 6.45) is 20.8. The van der Waals surface area contributed by atoms with Crippen LogP contribution in [0.1, 0.15) is 66.2 Å². The highest BCUT2D eigenvalue weighted by Gasteiger charge is 2.29. The molecule has 2 atom stereocenters. The van der Waals surface area contributed by atoms with Crippen LogP contribution in [0.15, 0.2) is 60.1 Å². The number of hydrogen-bond donors (Lipinski definition) is 2. The second-order valence-corrected chi connectivity index (χ2v) is 7.70. The fourth-order valence-corrected chi connectivity index (χ4v) is 2.94. The van der Waals surface area contributed by atoms with E-state index in [0.717, 1.165) is 38.5 Å². The molecule has 32 heavy (non-hydrogen) atoms. The molecule has 0 fully saturated rings. The molecule has 180 valence electrons. The summed E-state index contributed by atoms with van der Waals surface area (Å²) in [4.78, 5) is 23.7. The maximum Gasteiger partial charge on any atom is 0.332 e. The van der Waals surface area contributed by atoms with E-state index < -0.39 is 23.8 Å². The molecule has 0 saturated carbocycles. The van der Waals surface area contributed by atoms with Crippen LogP contribution < -0.4 is 0 Å². The average molecular weight is 449 g/mol. The van der Waals surface area contributed by atoms with E-state index in [9.17, 15) is 19.8 Å². The first kappa shape index (κ1) is 29.2. The van der Waals surface area contributed by atoms with Crippen LogP contribution >= 0.6 is 0 Å². The Morgan fingerprint density at radius 3 is 1.41 bits per heavy atom. The Bertz CT molecular complexity index is 626. The van der Waals surface area contributed by atoms with E-state index in [0.29, 0.717) is 0 Å². The monoisotopic (exact) mass is 448 g/mol. The lowest BCUT2D eigenvalue weighted by Crippen LogP contribution is -2.25. The molecule has 0 saturated heterocycles. The molecule has 0 spiro atoms. The number of allylic oxidation sites excluding steroid dienone is 6. The van der Waals surface area contributed by atoms with Gasteiger partial charge in [-0.15, -0.1) is 0 Å². The molecule has 0 radical (unpaired) electrons. The zero-order chi connectivity index (χ0) is 24.2. The Morgan fingerprint density at radius 1 is 0.719 bits per heavy atom. The van der Waals surface area contributed by atoms with E-state index in [1.165, 1.54) is 12.5 Å². The van der Waals surface area contributed by atoms with E-state index in [2.05, 4.69) is 13.8 Å². The lowest BCUT2D eigenvalue weighted by Gasteiger charge is -2.19. The Kier molecular flexibility index (Phi) is 17.3. The number of aliphatic carboxylic acids is 2. The number of carbonyl (C=O) groups is 2. The second kappa shape index (κ2) is 19.0. The molecule has 0 aliphatic rings. The third-order valence-corrected chi connectivity index (χ3v) is 4.72. The van der Waals surface area contributed by atoms with Crippen LogP contribution in [0.3, 0.4) is 0 Å². The fourth-order valence-electron chi connectivity index (χ4n) is 2.94. The molecule has 6 heteroatoms. The van der Waals surface area contributed by atoms with Gasteiger partial charge in [0.05, 0.1) is 36.9 Å². The molecule has 6 nitrogen and oxygen atoms in total. The maximum absolute atomic E-state index is 11.9. The summed E-state index contributed by atoms with van der Waals surface area (Å²) >= 11 is 0. The number of carboxylic acid groups (broad SMARTS) is 2.